The van der Waals surface area contributed by atoms with Gasteiger partial charge in [-0.05, 0) is 26.3 Å². The minimum absolute atomic E-state index is 0.0467. The average molecular weight is 239 g/mol. The fraction of sp³-hybridized carbons (Fsp3) is 0.500. The van der Waals surface area contributed by atoms with Crippen LogP contribution >= 0.6 is 0 Å². The van der Waals surface area contributed by atoms with Crippen molar-refractivity contribution < 1.29 is 8.42 Å². The number of rotatable bonds is 2. The van der Waals surface area contributed by atoms with Gasteiger partial charge in [0.15, 0.2) is 0 Å². The van der Waals surface area contributed by atoms with Crippen LogP contribution in [0.2, 0.25) is 0 Å². The summed E-state index contributed by atoms with van der Waals surface area (Å²) in [5.74, 6) is 0. The third-order valence-electron chi connectivity index (χ3n) is 2.83. The average Bonchev–Trinajstić information content (AvgIpc) is 2.97. The lowest BCUT2D eigenvalue weighted by molar-refractivity contribution is 0.517. The molecule has 16 heavy (non-hydrogen) atoms. The maximum atomic E-state index is 12.1. The van der Waals surface area contributed by atoms with E-state index in [0.29, 0.717) is 6.54 Å². The fourth-order valence-electron chi connectivity index (χ4n) is 1.69. The zero-order valence-corrected chi connectivity index (χ0v) is 10.7. The Bertz CT molecular complexity index is 473. The van der Waals surface area contributed by atoms with E-state index in [4.69, 9.17) is 0 Å². The van der Waals surface area contributed by atoms with Crippen LogP contribution in [0.3, 0.4) is 0 Å². The molecular formula is C12H17NO2S. The van der Waals surface area contributed by atoms with Gasteiger partial charge in [-0.1, -0.05) is 30.3 Å². The van der Waals surface area contributed by atoms with Gasteiger partial charge in [0.2, 0.25) is 10.0 Å². The third kappa shape index (κ3) is 1.87. The molecule has 1 aliphatic heterocycles. The number of sulfonamides is 1. The molecule has 2 atom stereocenters. The molecule has 1 fully saturated rings. The molecule has 0 aliphatic carbocycles. The van der Waals surface area contributed by atoms with Crippen LogP contribution in [0.4, 0.5) is 0 Å². The van der Waals surface area contributed by atoms with Crippen molar-refractivity contribution in [3.05, 3.63) is 35.9 Å². The highest BCUT2D eigenvalue weighted by Gasteiger charge is 2.49. The number of benzene rings is 1. The summed E-state index contributed by atoms with van der Waals surface area (Å²) in [7, 11) is -3.17. The summed E-state index contributed by atoms with van der Waals surface area (Å²) in [5, 5.41) is 0. The Morgan fingerprint density at radius 1 is 1.19 bits per heavy atom. The van der Waals surface area contributed by atoms with Crippen molar-refractivity contribution in [3.8, 4) is 0 Å². The van der Waals surface area contributed by atoms with Crippen molar-refractivity contribution in [2.75, 3.05) is 6.54 Å². The van der Waals surface area contributed by atoms with Crippen molar-refractivity contribution in [1.29, 1.82) is 0 Å². The van der Waals surface area contributed by atoms with Gasteiger partial charge in [0, 0.05) is 6.54 Å². The zero-order chi connectivity index (χ0) is 12.0. The van der Waals surface area contributed by atoms with Crippen molar-refractivity contribution in [1.82, 2.24) is 4.31 Å². The van der Waals surface area contributed by atoms with Crippen molar-refractivity contribution in [2.45, 2.75) is 31.6 Å². The molecule has 1 aromatic rings. The van der Waals surface area contributed by atoms with Gasteiger partial charge in [0.1, 0.15) is 0 Å². The summed E-state index contributed by atoms with van der Waals surface area (Å²) in [4.78, 5) is 0. The van der Waals surface area contributed by atoms with Gasteiger partial charge in [0.25, 0.3) is 0 Å². The third-order valence-corrected chi connectivity index (χ3v) is 5.40. The van der Waals surface area contributed by atoms with E-state index in [1.165, 1.54) is 0 Å². The second kappa shape index (κ2) is 3.57. The van der Waals surface area contributed by atoms with E-state index >= 15 is 0 Å². The highest BCUT2D eigenvalue weighted by Crippen LogP contribution is 2.41. The lowest BCUT2D eigenvalue weighted by Gasteiger charge is -2.20. The molecule has 0 aromatic heterocycles. The Kier molecular flexibility index (Phi) is 2.59. The van der Waals surface area contributed by atoms with Crippen LogP contribution in [0.1, 0.15) is 32.4 Å². The van der Waals surface area contributed by atoms with E-state index in [2.05, 4.69) is 0 Å². The lowest BCUT2D eigenvalue weighted by Crippen LogP contribution is -2.33. The van der Waals surface area contributed by atoms with Crippen LogP contribution in [0.15, 0.2) is 30.3 Å². The molecule has 1 heterocycles. The summed E-state index contributed by atoms with van der Waals surface area (Å²) in [5.41, 5.74) is 1.08. The fourth-order valence-corrected chi connectivity index (χ4v) is 3.19. The number of hydrogen-bond acceptors (Lipinski definition) is 2. The van der Waals surface area contributed by atoms with Gasteiger partial charge >= 0.3 is 0 Å². The number of hydrogen-bond donors (Lipinski definition) is 0. The standard InChI is InChI=1S/C12H17NO2S/c1-12(2,3)16(14,15)13-9-11(13)10-7-5-4-6-8-10/h4-8,11H,9H2,1-3H3. The highest BCUT2D eigenvalue weighted by molar-refractivity contribution is 7.90. The largest absolute Gasteiger partial charge is 0.219 e. The zero-order valence-electron chi connectivity index (χ0n) is 9.84. The first kappa shape index (κ1) is 11.6. The molecule has 2 unspecified atom stereocenters. The minimum atomic E-state index is -3.17. The van der Waals surface area contributed by atoms with Crippen LogP contribution in [0, 0.1) is 0 Å². The second-order valence-electron chi connectivity index (χ2n) is 5.11. The molecule has 3 nitrogen and oxygen atoms in total. The van der Waals surface area contributed by atoms with Gasteiger partial charge in [0.05, 0.1) is 10.8 Å². The minimum Gasteiger partial charge on any atom is -0.212 e. The topological polar surface area (TPSA) is 37.1 Å². The predicted octanol–water partition coefficient (Wildman–Crippen LogP) is 2.17. The Morgan fingerprint density at radius 3 is 2.25 bits per heavy atom. The van der Waals surface area contributed by atoms with Gasteiger partial charge in [-0.3, -0.25) is 0 Å². The molecule has 0 spiro atoms. The predicted molar refractivity (Wildman–Crippen MR) is 64.6 cm³/mol. The second-order valence-corrected chi connectivity index (χ2v) is 7.76. The summed E-state index contributed by atoms with van der Waals surface area (Å²) in [6.07, 6.45) is 0. The van der Waals surface area contributed by atoms with Crippen LogP contribution in [0.5, 0.6) is 0 Å². The molecular weight excluding hydrogens is 222 g/mol. The van der Waals surface area contributed by atoms with E-state index in [-0.39, 0.29) is 6.04 Å². The first-order chi connectivity index (χ1) is 7.34. The smallest absolute Gasteiger partial charge is 0.212 e. The van der Waals surface area contributed by atoms with E-state index in [1.807, 2.05) is 30.3 Å². The highest BCUT2D eigenvalue weighted by atomic mass is 32.2. The van der Waals surface area contributed by atoms with E-state index in [0.717, 1.165) is 5.56 Å². The normalized spacial score (nSPS) is 25.4. The summed E-state index contributed by atoms with van der Waals surface area (Å²) >= 11 is 0. The van der Waals surface area contributed by atoms with Crippen molar-refractivity contribution in [2.24, 2.45) is 0 Å². The quantitative estimate of drug-likeness (QED) is 0.742. The molecule has 1 aromatic carbocycles. The lowest BCUT2D eigenvalue weighted by atomic mass is 10.2. The Morgan fingerprint density at radius 2 is 1.75 bits per heavy atom. The molecule has 0 N–H and O–H groups in total. The van der Waals surface area contributed by atoms with Crippen LogP contribution in [-0.4, -0.2) is 24.0 Å². The Hall–Kier alpha value is -0.870. The monoisotopic (exact) mass is 239 g/mol. The van der Waals surface area contributed by atoms with Crippen LogP contribution < -0.4 is 0 Å². The molecule has 0 amide bonds. The summed E-state index contributed by atoms with van der Waals surface area (Å²) in [6.45, 7) is 5.83. The Balaban J connectivity index is 2.20. The van der Waals surface area contributed by atoms with E-state index in [9.17, 15) is 8.42 Å². The SMILES string of the molecule is CC(C)(C)S(=O)(=O)N1CC1c1ccccc1. The molecule has 88 valence electrons. The maximum absolute atomic E-state index is 12.1. The van der Waals surface area contributed by atoms with Crippen molar-refractivity contribution in [3.63, 3.8) is 0 Å². The van der Waals surface area contributed by atoms with Gasteiger partial charge in [-0.15, -0.1) is 0 Å². The molecule has 0 radical (unpaired) electrons. The first-order valence-corrected chi connectivity index (χ1v) is 6.84. The van der Waals surface area contributed by atoms with Gasteiger partial charge < -0.3 is 0 Å². The maximum Gasteiger partial charge on any atom is 0.219 e. The molecule has 2 rings (SSSR count). The van der Waals surface area contributed by atoms with Crippen LogP contribution in [0.25, 0.3) is 0 Å². The molecule has 1 saturated heterocycles. The van der Waals surface area contributed by atoms with Crippen LogP contribution in [-0.2, 0) is 10.0 Å². The number of nitrogens with zero attached hydrogens (tertiary/aromatic N) is 1. The molecule has 4 heteroatoms. The first-order valence-electron chi connectivity index (χ1n) is 5.40. The van der Waals surface area contributed by atoms with Gasteiger partial charge in [-0.2, -0.15) is 4.31 Å². The summed E-state index contributed by atoms with van der Waals surface area (Å²) in [6, 6.07) is 9.82. The van der Waals surface area contributed by atoms with E-state index in [1.54, 1.807) is 25.1 Å². The van der Waals surface area contributed by atoms with Gasteiger partial charge in [-0.25, -0.2) is 8.42 Å². The van der Waals surface area contributed by atoms with Crippen molar-refractivity contribution >= 4 is 10.0 Å². The van der Waals surface area contributed by atoms with E-state index < -0.39 is 14.8 Å². The molecule has 0 saturated carbocycles. The Labute approximate surface area is 97.1 Å². The summed E-state index contributed by atoms with van der Waals surface area (Å²) < 4.78 is 25.1. The molecule has 0 bridgehead atoms. The molecule has 1 aliphatic rings.